The molecule has 0 aromatic heterocycles. The minimum Gasteiger partial charge on any atom is -0.548 e. The molecule has 0 saturated carbocycles. The maximum atomic E-state index is 10.6. The number of hydrogen-bond acceptors (Lipinski definition) is 3. The Balaban J connectivity index is 0.000000980. The number of rotatable bonds is 1. The molecule has 1 aliphatic carbocycles. The average molecular weight is 201 g/mol. The second-order valence-electron chi connectivity index (χ2n) is 3.58. The van der Waals surface area contributed by atoms with E-state index in [2.05, 4.69) is 11.4 Å². The van der Waals surface area contributed by atoms with Crippen molar-refractivity contribution >= 4 is 5.97 Å². The molecule has 0 spiro atoms. The third-order valence-corrected chi connectivity index (χ3v) is 2.70. The number of carbonyl (C=O) groups is 1. The molecule has 14 heavy (non-hydrogen) atoms. The number of carboxylic acid groups (broad SMARTS) is 1. The van der Waals surface area contributed by atoms with Crippen molar-refractivity contribution in [3.8, 4) is 0 Å². The monoisotopic (exact) mass is 201 g/mol. The van der Waals surface area contributed by atoms with Crippen molar-refractivity contribution in [2.45, 2.75) is 25.3 Å². The fourth-order valence-electron chi connectivity index (χ4n) is 1.93. The van der Waals surface area contributed by atoms with Crippen LogP contribution in [0.2, 0.25) is 0 Å². The molecular weight excluding hydrogens is 189 g/mol. The van der Waals surface area contributed by atoms with Crippen LogP contribution in [0, 0.1) is 5.92 Å². The third-order valence-electron chi connectivity index (χ3n) is 2.70. The van der Waals surface area contributed by atoms with E-state index in [0.717, 1.165) is 18.5 Å². The average Bonchev–Trinajstić information content (AvgIpc) is 2.17. The fraction of sp³-hybridized carbons (Fsp3) is 0.500. The van der Waals surface area contributed by atoms with Gasteiger partial charge in [0.15, 0.2) is 0 Å². The largest absolute Gasteiger partial charge is 1.00 e. The summed E-state index contributed by atoms with van der Waals surface area (Å²) in [7, 11) is 0. The Bertz CT molecular complexity index is 286. The van der Waals surface area contributed by atoms with Crippen molar-refractivity contribution < 1.29 is 39.5 Å². The molecule has 1 N–H and O–H groups in total. The molecule has 3 nitrogen and oxygen atoms in total. The van der Waals surface area contributed by atoms with Gasteiger partial charge >= 0.3 is 29.6 Å². The van der Waals surface area contributed by atoms with Gasteiger partial charge in [0.2, 0.25) is 0 Å². The maximum Gasteiger partial charge on any atom is 1.00 e. The Hall–Kier alpha value is -0.250. The molecule has 2 atom stereocenters. The van der Waals surface area contributed by atoms with Crippen LogP contribution >= 0.6 is 0 Å². The van der Waals surface area contributed by atoms with Gasteiger partial charge in [-0.1, -0.05) is 12.2 Å². The number of hydrogen-bond donors (Lipinski definition) is 1. The number of piperidine rings is 1. The van der Waals surface area contributed by atoms with Gasteiger partial charge in [-0.15, -0.1) is 0 Å². The van der Waals surface area contributed by atoms with E-state index >= 15 is 0 Å². The van der Waals surface area contributed by atoms with Crippen LogP contribution in [0.15, 0.2) is 23.9 Å². The van der Waals surface area contributed by atoms with Crippen LogP contribution < -0.4 is 40.0 Å². The summed E-state index contributed by atoms with van der Waals surface area (Å²) in [6.07, 6.45) is 8.70. The molecule has 0 amide bonds. The van der Waals surface area contributed by atoms with Gasteiger partial charge in [0.25, 0.3) is 0 Å². The number of allylic oxidation sites excluding steroid dienone is 4. The predicted octanol–water partition coefficient (Wildman–Crippen LogP) is -3.05. The Morgan fingerprint density at radius 1 is 1.50 bits per heavy atom. The molecule has 1 aliphatic heterocycles. The summed E-state index contributed by atoms with van der Waals surface area (Å²) in [6.45, 7) is 0. The van der Waals surface area contributed by atoms with Gasteiger partial charge in [0.1, 0.15) is 0 Å². The number of carboxylic acids is 1. The standard InChI is InChI=1S/C10H13NO2.Na/c12-10(13)9-6-5-7-3-1-2-4-8(7)11-9;/h1-2,4,7,9,11H,3,5-6H2,(H,12,13);/q;+1/p-1. The SMILES string of the molecule is O=C([O-])C1CCC2CC=CC=C2N1.[Na+]. The first-order valence-electron chi connectivity index (χ1n) is 4.61. The van der Waals surface area contributed by atoms with Crippen LogP contribution in [0.25, 0.3) is 0 Å². The number of aliphatic carboxylic acids is 1. The van der Waals surface area contributed by atoms with E-state index in [9.17, 15) is 9.90 Å². The van der Waals surface area contributed by atoms with Crippen molar-refractivity contribution in [2.24, 2.45) is 5.92 Å². The van der Waals surface area contributed by atoms with Crippen molar-refractivity contribution in [3.05, 3.63) is 23.9 Å². The van der Waals surface area contributed by atoms with Crippen LogP contribution in [-0.2, 0) is 4.79 Å². The summed E-state index contributed by atoms with van der Waals surface area (Å²) >= 11 is 0. The van der Waals surface area contributed by atoms with E-state index in [0.29, 0.717) is 12.3 Å². The minimum atomic E-state index is -0.992. The van der Waals surface area contributed by atoms with E-state index < -0.39 is 12.0 Å². The van der Waals surface area contributed by atoms with Gasteiger partial charge in [-0.25, -0.2) is 0 Å². The van der Waals surface area contributed by atoms with E-state index in [1.165, 1.54) is 0 Å². The van der Waals surface area contributed by atoms with Crippen LogP contribution in [0.5, 0.6) is 0 Å². The molecule has 0 bridgehead atoms. The number of nitrogens with one attached hydrogen (secondary N) is 1. The summed E-state index contributed by atoms with van der Waals surface area (Å²) in [4.78, 5) is 10.6. The second-order valence-corrected chi connectivity index (χ2v) is 3.58. The number of fused-ring (bicyclic) bond motifs is 1. The van der Waals surface area contributed by atoms with Gasteiger partial charge in [0.05, 0.1) is 12.0 Å². The first-order valence-corrected chi connectivity index (χ1v) is 4.61. The number of carbonyl (C=O) groups excluding carboxylic acids is 1. The topological polar surface area (TPSA) is 52.2 Å². The molecule has 0 aromatic rings. The molecule has 1 saturated heterocycles. The predicted molar refractivity (Wildman–Crippen MR) is 46.5 cm³/mol. The van der Waals surface area contributed by atoms with Crippen LogP contribution in [0.1, 0.15) is 19.3 Å². The summed E-state index contributed by atoms with van der Waals surface area (Å²) in [5, 5.41) is 13.6. The first-order chi connectivity index (χ1) is 6.27. The zero-order valence-corrected chi connectivity index (χ0v) is 10.3. The van der Waals surface area contributed by atoms with Crippen LogP contribution in [0.3, 0.4) is 0 Å². The molecule has 1 fully saturated rings. The van der Waals surface area contributed by atoms with Crippen molar-refractivity contribution in [2.75, 3.05) is 0 Å². The van der Waals surface area contributed by atoms with Gasteiger partial charge in [-0.3, -0.25) is 0 Å². The molecule has 4 heteroatoms. The van der Waals surface area contributed by atoms with Crippen molar-refractivity contribution in [1.29, 1.82) is 0 Å². The van der Waals surface area contributed by atoms with Gasteiger partial charge < -0.3 is 15.2 Å². The Morgan fingerprint density at radius 2 is 2.29 bits per heavy atom. The zero-order chi connectivity index (χ0) is 9.26. The molecule has 2 rings (SSSR count). The summed E-state index contributed by atoms with van der Waals surface area (Å²) in [6, 6.07) is -0.492. The smallest absolute Gasteiger partial charge is 0.548 e. The summed E-state index contributed by atoms with van der Waals surface area (Å²) in [5.41, 5.74) is 1.06. The van der Waals surface area contributed by atoms with E-state index in [1.807, 2.05) is 12.2 Å². The van der Waals surface area contributed by atoms with E-state index in [1.54, 1.807) is 0 Å². The molecule has 0 aromatic carbocycles. The fourth-order valence-corrected chi connectivity index (χ4v) is 1.93. The normalized spacial score (nSPS) is 29.3. The summed E-state index contributed by atoms with van der Waals surface area (Å²) < 4.78 is 0. The molecule has 2 aliphatic rings. The van der Waals surface area contributed by atoms with E-state index in [-0.39, 0.29) is 29.6 Å². The Morgan fingerprint density at radius 3 is 3.00 bits per heavy atom. The Kier molecular flexibility index (Phi) is 4.23. The van der Waals surface area contributed by atoms with Gasteiger partial charge in [0, 0.05) is 11.6 Å². The van der Waals surface area contributed by atoms with Crippen molar-refractivity contribution in [1.82, 2.24) is 5.32 Å². The molecule has 70 valence electrons. The quantitative estimate of drug-likeness (QED) is 0.459. The maximum absolute atomic E-state index is 10.6. The van der Waals surface area contributed by atoms with Crippen molar-refractivity contribution in [3.63, 3.8) is 0 Å². The van der Waals surface area contributed by atoms with Crippen LogP contribution in [0.4, 0.5) is 0 Å². The van der Waals surface area contributed by atoms with E-state index in [4.69, 9.17) is 0 Å². The zero-order valence-electron chi connectivity index (χ0n) is 8.32. The first kappa shape index (κ1) is 11.8. The third kappa shape index (κ3) is 2.41. The Labute approximate surface area is 106 Å². The molecule has 1 heterocycles. The van der Waals surface area contributed by atoms with Gasteiger partial charge in [-0.2, -0.15) is 0 Å². The van der Waals surface area contributed by atoms with Gasteiger partial charge in [-0.05, 0) is 25.3 Å². The summed E-state index contributed by atoms with van der Waals surface area (Å²) in [5.74, 6) is -0.491. The molecular formula is C10H12NNaO2. The van der Waals surface area contributed by atoms with Crippen LogP contribution in [-0.4, -0.2) is 12.0 Å². The molecule has 2 unspecified atom stereocenters. The minimum absolute atomic E-state index is 0. The second kappa shape index (κ2) is 5.01. The molecule has 0 radical (unpaired) electrons.